The van der Waals surface area contributed by atoms with Crippen molar-refractivity contribution in [1.82, 2.24) is 15.7 Å². The smallest absolute Gasteiger partial charge is 0.303 e. The van der Waals surface area contributed by atoms with Crippen LogP contribution in [0.3, 0.4) is 0 Å². The minimum Gasteiger partial charge on any atom is -0.491 e. The molecule has 0 atom stereocenters. The molecule has 1 aliphatic rings. The first-order valence-corrected chi connectivity index (χ1v) is 7.63. The number of carboxylic acid groups (broad SMARTS) is 1. The second-order valence-corrected chi connectivity index (χ2v) is 4.97. The molecule has 1 aromatic rings. The molecule has 0 saturated carbocycles. The molecule has 0 fully saturated rings. The molecule has 2 rings (SSSR count). The summed E-state index contributed by atoms with van der Waals surface area (Å²) >= 11 is 0. The highest BCUT2D eigenvalue weighted by atomic mass is 16.5. The summed E-state index contributed by atoms with van der Waals surface area (Å²) in [6.07, 6.45) is 5.75. The number of aromatic nitrogens is 1. The zero-order valence-corrected chi connectivity index (χ0v) is 12.9. The second-order valence-electron chi connectivity index (χ2n) is 4.97. The molecule has 0 saturated heterocycles. The summed E-state index contributed by atoms with van der Waals surface area (Å²) in [5.74, 6) is 0.543. The summed E-state index contributed by atoms with van der Waals surface area (Å²) in [7, 11) is 0. The van der Waals surface area contributed by atoms with Crippen molar-refractivity contribution >= 4 is 18.1 Å². The third kappa shape index (κ3) is 6.33. The first-order chi connectivity index (χ1) is 11.3. The fraction of sp³-hybridized carbons (Fsp3) is 0.467. The number of pyridine rings is 1. The molecular formula is C15H21N5O3. The van der Waals surface area contributed by atoms with E-state index in [0.29, 0.717) is 30.4 Å². The number of carbonyl (C=O) groups is 1. The molecule has 0 aliphatic carbocycles. The van der Waals surface area contributed by atoms with Gasteiger partial charge in [0.1, 0.15) is 11.4 Å². The van der Waals surface area contributed by atoms with E-state index >= 15 is 0 Å². The Balaban J connectivity index is 1.75. The molecule has 1 aliphatic heterocycles. The first-order valence-electron chi connectivity index (χ1n) is 7.63. The predicted octanol–water partition coefficient (Wildman–Crippen LogP) is 0.988. The number of nitrogens with one attached hydrogen (secondary N) is 2. The number of rotatable bonds is 9. The minimum atomic E-state index is -0.759. The number of hydrogen-bond acceptors (Lipinski definition) is 7. The summed E-state index contributed by atoms with van der Waals surface area (Å²) in [6, 6.07) is 3.63. The van der Waals surface area contributed by atoms with Gasteiger partial charge in [0.15, 0.2) is 0 Å². The molecule has 23 heavy (non-hydrogen) atoms. The third-order valence-electron chi connectivity index (χ3n) is 3.12. The number of guanidine groups is 1. The zero-order valence-electron chi connectivity index (χ0n) is 12.9. The highest BCUT2D eigenvalue weighted by molar-refractivity contribution is 5.85. The molecule has 0 aromatic carbocycles. The lowest BCUT2D eigenvalue weighted by atomic mass is 10.2. The Labute approximate surface area is 134 Å². The van der Waals surface area contributed by atoms with Crippen molar-refractivity contribution in [3.05, 3.63) is 24.0 Å². The Morgan fingerprint density at radius 2 is 2.39 bits per heavy atom. The van der Waals surface area contributed by atoms with Crippen LogP contribution in [0, 0.1) is 0 Å². The zero-order chi connectivity index (χ0) is 16.3. The van der Waals surface area contributed by atoms with E-state index in [1.807, 2.05) is 6.07 Å². The van der Waals surface area contributed by atoms with Gasteiger partial charge in [-0.3, -0.25) is 9.78 Å². The van der Waals surface area contributed by atoms with Crippen LogP contribution in [0.5, 0.6) is 5.75 Å². The molecule has 0 unspecified atom stereocenters. The van der Waals surface area contributed by atoms with Crippen molar-refractivity contribution < 1.29 is 14.6 Å². The number of ether oxygens (including phenoxy) is 1. The van der Waals surface area contributed by atoms with Crippen molar-refractivity contribution in [1.29, 1.82) is 0 Å². The van der Waals surface area contributed by atoms with Crippen LogP contribution in [-0.4, -0.2) is 47.9 Å². The highest BCUT2D eigenvalue weighted by Gasteiger charge is 2.04. The number of aliphatic carboxylic acids is 1. The molecule has 8 heteroatoms. The lowest BCUT2D eigenvalue weighted by Crippen LogP contribution is -2.30. The summed E-state index contributed by atoms with van der Waals surface area (Å²) in [4.78, 5) is 18.8. The number of hydrazone groups is 1. The number of carboxylic acids is 1. The van der Waals surface area contributed by atoms with Crippen LogP contribution in [0.4, 0.5) is 0 Å². The van der Waals surface area contributed by atoms with Crippen LogP contribution in [0.2, 0.25) is 0 Å². The summed E-state index contributed by atoms with van der Waals surface area (Å²) in [5, 5.41) is 15.7. The van der Waals surface area contributed by atoms with Gasteiger partial charge in [0, 0.05) is 19.2 Å². The number of hydrogen-bond donors (Lipinski definition) is 3. The van der Waals surface area contributed by atoms with Crippen molar-refractivity contribution in [3.63, 3.8) is 0 Å². The van der Waals surface area contributed by atoms with Crippen LogP contribution in [-0.2, 0) is 4.79 Å². The molecule has 0 spiro atoms. The Bertz CT molecular complexity index is 574. The van der Waals surface area contributed by atoms with E-state index in [1.165, 1.54) is 0 Å². The van der Waals surface area contributed by atoms with Crippen LogP contribution < -0.4 is 15.5 Å². The Hall–Kier alpha value is -2.64. The van der Waals surface area contributed by atoms with Crippen molar-refractivity contribution in [2.24, 2.45) is 10.1 Å². The molecule has 1 aromatic heterocycles. The number of aliphatic imine (C=N–C) groups is 1. The summed E-state index contributed by atoms with van der Waals surface area (Å²) in [6.45, 7) is 2.09. The molecule has 0 amide bonds. The molecule has 3 N–H and O–H groups in total. The Morgan fingerprint density at radius 1 is 1.48 bits per heavy atom. The van der Waals surface area contributed by atoms with Gasteiger partial charge in [0.25, 0.3) is 0 Å². The van der Waals surface area contributed by atoms with Gasteiger partial charge in [-0.05, 0) is 31.4 Å². The minimum absolute atomic E-state index is 0.203. The van der Waals surface area contributed by atoms with Crippen LogP contribution >= 0.6 is 0 Å². The largest absolute Gasteiger partial charge is 0.491 e. The second kappa shape index (κ2) is 9.39. The van der Waals surface area contributed by atoms with Crippen LogP contribution in [0.1, 0.15) is 31.4 Å². The molecule has 0 bridgehead atoms. The van der Waals surface area contributed by atoms with Gasteiger partial charge in [-0.2, -0.15) is 5.10 Å². The van der Waals surface area contributed by atoms with E-state index in [1.54, 1.807) is 18.5 Å². The topological polar surface area (TPSA) is 108 Å². The van der Waals surface area contributed by atoms with E-state index in [-0.39, 0.29) is 6.42 Å². The average molecular weight is 319 g/mol. The summed E-state index contributed by atoms with van der Waals surface area (Å²) in [5.41, 5.74) is 3.44. The maximum atomic E-state index is 10.4. The first kappa shape index (κ1) is 16.7. The molecular weight excluding hydrogens is 298 g/mol. The monoisotopic (exact) mass is 319 g/mol. The lowest BCUT2D eigenvalue weighted by Gasteiger charge is -2.08. The van der Waals surface area contributed by atoms with Crippen molar-refractivity contribution in [3.8, 4) is 5.75 Å². The van der Waals surface area contributed by atoms with Gasteiger partial charge in [0.2, 0.25) is 5.96 Å². The third-order valence-corrected chi connectivity index (χ3v) is 3.12. The van der Waals surface area contributed by atoms with E-state index in [2.05, 4.69) is 25.8 Å². The van der Waals surface area contributed by atoms with E-state index in [9.17, 15) is 4.79 Å². The number of unbranched alkanes of at least 4 members (excludes halogenated alkanes) is 2. The van der Waals surface area contributed by atoms with E-state index in [0.717, 1.165) is 25.9 Å². The van der Waals surface area contributed by atoms with Gasteiger partial charge in [0.05, 0.1) is 19.4 Å². The Morgan fingerprint density at radius 3 is 3.17 bits per heavy atom. The maximum absolute atomic E-state index is 10.4. The van der Waals surface area contributed by atoms with Gasteiger partial charge < -0.3 is 15.2 Å². The molecule has 2 heterocycles. The van der Waals surface area contributed by atoms with E-state index < -0.39 is 5.97 Å². The van der Waals surface area contributed by atoms with Crippen LogP contribution in [0.15, 0.2) is 28.4 Å². The van der Waals surface area contributed by atoms with Gasteiger partial charge >= 0.3 is 5.97 Å². The van der Waals surface area contributed by atoms with Crippen LogP contribution in [0.25, 0.3) is 0 Å². The average Bonchev–Trinajstić information content (AvgIpc) is 3.05. The summed E-state index contributed by atoms with van der Waals surface area (Å²) < 4.78 is 5.69. The van der Waals surface area contributed by atoms with Gasteiger partial charge in [-0.1, -0.05) is 0 Å². The van der Waals surface area contributed by atoms with Gasteiger partial charge in [-0.15, -0.1) is 0 Å². The fourth-order valence-electron chi connectivity index (χ4n) is 1.99. The van der Waals surface area contributed by atoms with Crippen molar-refractivity contribution in [2.75, 3.05) is 19.7 Å². The fourth-order valence-corrected chi connectivity index (χ4v) is 1.99. The molecule has 8 nitrogen and oxygen atoms in total. The standard InChI is InChI=1S/C15H21N5O3/c21-14(22)6-2-1-3-10-23-13-5-4-7-16-12(13)11-19-20-15-17-8-9-18-15/h4-5,7,11H,1-3,6,8-10H2,(H,21,22)(H2,17,18,20)/b19-11+. The van der Waals surface area contributed by atoms with Gasteiger partial charge in [-0.25, -0.2) is 10.4 Å². The predicted molar refractivity (Wildman–Crippen MR) is 86.9 cm³/mol. The molecule has 124 valence electrons. The number of nitrogens with zero attached hydrogens (tertiary/aromatic N) is 3. The Kier molecular flexibility index (Phi) is 6.83. The maximum Gasteiger partial charge on any atom is 0.303 e. The lowest BCUT2D eigenvalue weighted by molar-refractivity contribution is -0.137. The normalized spacial score (nSPS) is 13.7. The molecule has 0 radical (unpaired) electrons. The quantitative estimate of drug-likeness (QED) is 0.356. The SMILES string of the molecule is O=C(O)CCCCCOc1cccnc1/C=N/NC1=NCCN1. The highest BCUT2D eigenvalue weighted by Crippen LogP contribution is 2.14. The van der Waals surface area contributed by atoms with E-state index in [4.69, 9.17) is 9.84 Å². The van der Waals surface area contributed by atoms with Crippen molar-refractivity contribution in [2.45, 2.75) is 25.7 Å².